The molecule has 5 nitrogen and oxygen atoms in total. The fourth-order valence-electron chi connectivity index (χ4n) is 2.98. The number of para-hydroxylation sites is 2. The molecule has 0 saturated heterocycles. The minimum atomic E-state index is -0.289. The average molecular weight is 358 g/mol. The van der Waals surface area contributed by atoms with E-state index in [1.54, 1.807) is 17.0 Å². The van der Waals surface area contributed by atoms with Gasteiger partial charge in [0, 0.05) is 6.54 Å². The molecule has 3 rings (SSSR count). The number of amides is 2. The van der Waals surface area contributed by atoms with Crippen molar-refractivity contribution in [3.8, 4) is 11.5 Å². The van der Waals surface area contributed by atoms with E-state index in [0.717, 1.165) is 11.3 Å². The summed E-state index contributed by atoms with van der Waals surface area (Å²) < 4.78 is 24.6. The van der Waals surface area contributed by atoms with Gasteiger partial charge in [0.25, 0.3) is 0 Å². The summed E-state index contributed by atoms with van der Waals surface area (Å²) in [5.41, 5.74) is 0.884. The number of fused-ring (bicyclic) bond motifs is 1. The van der Waals surface area contributed by atoms with Crippen LogP contribution in [-0.4, -0.2) is 36.7 Å². The molecule has 2 amide bonds. The predicted molar refractivity (Wildman–Crippen MR) is 96.9 cm³/mol. The fraction of sp³-hybridized carbons (Fsp3) is 0.350. The summed E-state index contributed by atoms with van der Waals surface area (Å²) in [7, 11) is 0. The van der Waals surface area contributed by atoms with Gasteiger partial charge in [-0.3, -0.25) is 0 Å². The van der Waals surface area contributed by atoms with Gasteiger partial charge in [-0.1, -0.05) is 24.3 Å². The highest BCUT2D eigenvalue weighted by Gasteiger charge is 2.24. The van der Waals surface area contributed by atoms with E-state index in [0.29, 0.717) is 25.4 Å². The van der Waals surface area contributed by atoms with Crippen LogP contribution in [0.15, 0.2) is 48.5 Å². The van der Waals surface area contributed by atoms with E-state index in [1.165, 1.54) is 12.1 Å². The molecule has 2 aromatic rings. The molecule has 2 atom stereocenters. The number of nitrogens with zero attached hydrogens (tertiary/aromatic N) is 1. The summed E-state index contributed by atoms with van der Waals surface area (Å²) in [6.45, 7) is 5.11. The van der Waals surface area contributed by atoms with Crippen LogP contribution in [-0.2, 0) is 0 Å². The van der Waals surface area contributed by atoms with Crippen LogP contribution in [0, 0.1) is 5.82 Å². The number of carbonyl (C=O) groups is 1. The molecule has 1 aliphatic heterocycles. The van der Waals surface area contributed by atoms with Crippen molar-refractivity contribution in [1.82, 2.24) is 10.2 Å². The van der Waals surface area contributed by atoms with Crippen molar-refractivity contribution < 1.29 is 18.7 Å². The largest absolute Gasteiger partial charge is 0.486 e. The summed E-state index contributed by atoms with van der Waals surface area (Å²) >= 11 is 0. The Balaban J connectivity index is 1.57. The third-order valence-corrected chi connectivity index (χ3v) is 4.47. The Kier molecular flexibility index (Phi) is 5.61. The first-order valence-electron chi connectivity index (χ1n) is 8.77. The van der Waals surface area contributed by atoms with Crippen LogP contribution in [0.1, 0.15) is 25.5 Å². The third-order valence-electron chi connectivity index (χ3n) is 4.47. The Morgan fingerprint density at radius 3 is 2.62 bits per heavy atom. The van der Waals surface area contributed by atoms with Gasteiger partial charge in [0.15, 0.2) is 17.6 Å². The lowest BCUT2D eigenvalue weighted by molar-refractivity contribution is 0.0894. The highest BCUT2D eigenvalue weighted by atomic mass is 19.1. The van der Waals surface area contributed by atoms with Gasteiger partial charge in [-0.05, 0) is 43.7 Å². The first-order valence-corrected chi connectivity index (χ1v) is 8.77. The number of ether oxygens (including phenoxy) is 2. The summed E-state index contributed by atoms with van der Waals surface area (Å²) in [5, 5.41) is 2.90. The Morgan fingerprint density at radius 2 is 1.92 bits per heavy atom. The minimum Gasteiger partial charge on any atom is -0.486 e. The Hall–Kier alpha value is -2.76. The normalized spacial score (nSPS) is 16.7. The first-order chi connectivity index (χ1) is 12.6. The second-order valence-electron chi connectivity index (χ2n) is 6.20. The standard InChI is InChI=1S/C20H23FN2O3/c1-3-23(14(2)15-8-10-16(21)11-9-15)20(24)22-12-17-13-25-18-6-4-5-7-19(18)26-17/h4-11,14,17H,3,12-13H2,1-2H3,(H,22,24). The smallest absolute Gasteiger partial charge is 0.318 e. The Labute approximate surface area is 152 Å². The van der Waals surface area contributed by atoms with E-state index < -0.39 is 0 Å². The molecule has 6 heteroatoms. The zero-order valence-corrected chi connectivity index (χ0v) is 14.9. The lowest BCUT2D eigenvalue weighted by Crippen LogP contribution is -2.46. The molecule has 1 heterocycles. The van der Waals surface area contributed by atoms with Crippen LogP contribution >= 0.6 is 0 Å². The highest BCUT2D eigenvalue weighted by molar-refractivity contribution is 5.74. The second kappa shape index (κ2) is 8.08. The molecule has 0 bridgehead atoms. The fourth-order valence-corrected chi connectivity index (χ4v) is 2.98. The topological polar surface area (TPSA) is 50.8 Å². The maximum atomic E-state index is 13.1. The van der Waals surface area contributed by atoms with Crippen molar-refractivity contribution in [2.75, 3.05) is 19.7 Å². The van der Waals surface area contributed by atoms with E-state index in [1.807, 2.05) is 38.1 Å². The van der Waals surface area contributed by atoms with Crippen LogP contribution in [0.2, 0.25) is 0 Å². The third kappa shape index (κ3) is 4.07. The summed E-state index contributed by atoms with van der Waals surface area (Å²) in [5.74, 6) is 1.11. The average Bonchev–Trinajstić information content (AvgIpc) is 2.67. The van der Waals surface area contributed by atoms with E-state index in [9.17, 15) is 9.18 Å². The number of carbonyl (C=O) groups excluding carboxylic acids is 1. The van der Waals surface area contributed by atoms with Crippen LogP contribution in [0.25, 0.3) is 0 Å². The molecule has 0 saturated carbocycles. The number of nitrogens with one attached hydrogen (secondary N) is 1. The van der Waals surface area contributed by atoms with Crippen LogP contribution in [0.4, 0.5) is 9.18 Å². The van der Waals surface area contributed by atoms with Gasteiger partial charge in [-0.2, -0.15) is 0 Å². The Morgan fingerprint density at radius 1 is 1.23 bits per heavy atom. The van der Waals surface area contributed by atoms with Crippen molar-refractivity contribution in [2.45, 2.75) is 26.0 Å². The monoisotopic (exact) mass is 358 g/mol. The van der Waals surface area contributed by atoms with Crippen LogP contribution in [0.5, 0.6) is 11.5 Å². The predicted octanol–water partition coefficient (Wildman–Crippen LogP) is 3.76. The molecule has 0 aromatic heterocycles. The molecular formula is C20H23FN2O3. The van der Waals surface area contributed by atoms with E-state index in [2.05, 4.69) is 5.32 Å². The Bertz CT molecular complexity index is 751. The molecule has 138 valence electrons. The van der Waals surface area contributed by atoms with E-state index in [4.69, 9.17) is 9.47 Å². The number of hydrogen-bond donors (Lipinski definition) is 1. The van der Waals surface area contributed by atoms with E-state index in [-0.39, 0.29) is 24.0 Å². The van der Waals surface area contributed by atoms with Gasteiger partial charge in [0.2, 0.25) is 0 Å². The van der Waals surface area contributed by atoms with Crippen LogP contribution < -0.4 is 14.8 Å². The van der Waals surface area contributed by atoms with Crippen LogP contribution in [0.3, 0.4) is 0 Å². The quantitative estimate of drug-likeness (QED) is 0.885. The molecular weight excluding hydrogens is 335 g/mol. The van der Waals surface area contributed by atoms with Gasteiger partial charge in [0.05, 0.1) is 12.6 Å². The second-order valence-corrected chi connectivity index (χ2v) is 6.20. The number of rotatable bonds is 5. The van der Waals surface area contributed by atoms with Crippen molar-refractivity contribution in [1.29, 1.82) is 0 Å². The summed E-state index contributed by atoms with van der Waals surface area (Å²) in [6.07, 6.45) is -0.242. The molecule has 0 aliphatic carbocycles. The zero-order chi connectivity index (χ0) is 18.5. The molecule has 2 unspecified atom stereocenters. The molecule has 2 aromatic carbocycles. The molecule has 0 spiro atoms. The lowest BCUT2D eigenvalue weighted by atomic mass is 10.1. The number of urea groups is 1. The maximum Gasteiger partial charge on any atom is 0.318 e. The van der Waals surface area contributed by atoms with Crippen molar-refractivity contribution in [3.63, 3.8) is 0 Å². The summed E-state index contributed by atoms with van der Waals surface area (Å²) in [4.78, 5) is 14.3. The van der Waals surface area contributed by atoms with Gasteiger partial charge in [-0.25, -0.2) is 9.18 Å². The van der Waals surface area contributed by atoms with Gasteiger partial charge < -0.3 is 19.7 Å². The van der Waals surface area contributed by atoms with Gasteiger partial charge in [-0.15, -0.1) is 0 Å². The highest BCUT2D eigenvalue weighted by Crippen LogP contribution is 2.30. The number of benzene rings is 2. The zero-order valence-electron chi connectivity index (χ0n) is 14.9. The molecule has 1 aliphatic rings. The first kappa shape index (κ1) is 18.0. The van der Waals surface area contributed by atoms with E-state index >= 15 is 0 Å². The molecule has 0 fully saturated rings. The minimum absolute atomic E-state index is 0.162. The lowest BCUT2D eigenvalue weighted by Gasteiger charge is -2.30. The molecule has 1 N–H and O–H groups in total. The van der Waals surface area contributed by atoms with Crippen molar-refractivity contribution >= 4 is 6.03 Å². The SMILES string of the molecule is CCN(C(=O)NCC1COc2ccccc2O1)C(C)c1ccc(F)cc1. The maximum absolute atomic E-state index is 13.1. The van der Waals surface area contributed by atoms with Gasteiger partial charge in [0.1, 0.15) is 12.4 Å². The molecule has 26 heavy (non-hydrogen) atoms. The summed E-state index contributed by atoms with van der Waals surface area (Å²) in [6, 6.07) is 13.3. The number of hydrogen-bond acceptors (Lipinski definition) is 3. The number of halogens is 1. The van der Waals surface area contributed by atoms with Gasteiger partial charge >= 0.3 is 6.03 Å². The van der Waals surface area contributed by atoms with Crippen molar-refractivity contribution in [2.24, 2.45) is 0 Å². The molecule has 0 radical (unpaired) electrons. The van der Waals surface area contributed by atoms with Crippen molar-refractivity contribution in [3.05, 3.63) is 59.9 Å².